The van der Waals surface area contributed by atoms with E-state index in [1.165, 1.54) is 17.9 Å². The first-order valence-electron chi connectivity index (χ1n) is 12.3. The van der Waals surface area contributed by atoms with Crippen LogP contribution in [0, 0.1) is 5.82 Å². The van der Waals surface area contributed by atoms with Gasteiger partial charge in [-0.25, -0.2) is 14.2 Å². The van der Waals surface area contributed by atoms with Gasteiger partial charge in [0, 0.05) is 50.8 Å². The lowest BCUT2D eigenvalue weighted by Crippen LogP contribution is -2.46. The van der Waals surface area contributed by atoms with Gasteiger partial charge in [-0.2, -0.15) is 0 Å². The molecule has 206 valence electrons. The number of anilines is 2. The molecule has 4 rings (SSSR count). The highest BCUT2D eigenvalue weighted by molar-refractivity contribution is 5.90. The van der Waals surface area contributed by atoms with E-state index in [-0.39, 0.29) is 53.8 Å². The van der Waals surface area contributed by atoms with E-state index in [1.807, 2.05) is 9.80 Å². The summed E-state index contributed by atoms with van der Waals surface area (Å²) in [5, 5.41) is 42.0. The minimum absolute atomic E-state index is 0.144. The molecule has 0 saturated carbocycles. The fourth-order valence-electron chi connectivity index (χ4n) is 4.75. The zero-order valence-electron chi connectivity index (χ0n) is 21.1. The Hall–Kier alpha value is -3.52. The SMILES string of the molecule is CC(=O)NC[C@H]1CN(c2ccc(N3CCN(Cc4nc(CO)c(CO)c(CO)c4O)CC3)c(F)c2)C(=O)O1. The fraction of sp³-hybridized carbons (Fsp3) is 0.480. The van der Waals surface area contributed by atoms with Gasteiger partial charge in [0.15, 0.2) is 0 Å². The number of nitrogens with zero attached hydrogens (tertiary/aromatic N) is 4. The predicted molar refractivity (Wildman–Crippen MR) is 134 cm³/mol. The molecule has 2 aromatic rings. The van der Waals surface area contributed by atoms with Crippen molar-refractivity contribution in [3.05, 3.63) is 46.5 Å². The third kappa shape index (κ3) is 5.80. The van der Waals surface area contributed by atoms with Gasteiger partial charge in [0.05, 0.1) is 55.7 Å². The van der Waals surface area contributed by atoms with Gasteiger partial charge in [-0.3, -0.25) is 14.6 Å². The van der Waals surface area contributed by atoms with Crippen LogP contribution in [0.2, 0.25) is 0 Å². The number of halogens is 1. The van der Waals surface area contributed by atoms with Crippen LogP contribution in [-0.2, 0) is 35.9 Å². The molecule has 2 amide bonds. The van der Waals surface area contributed by atoms with Gasteiger partial charge in [0.25, 0.3) is 0 Å². The summed E-state index contributed by atoms with van der Waals surface area (Å²) in [6.07, 6.45) is -1.11. The summed E-state index contributed by atoms with van der Waals surface area (Å²) < 4.78 is 20.3. The third-order valence-corrected chi connectivity index (χ3v) is 6.79. The highest BCUT2D eigenvalue weighted by Crippen LogP contribution is 2.31. The van der Waals surface area contributed by atoms with Crippen LogP contribution in [0.1, 0.15) is 29.4 Å². The van der Waals surface area contributed by atoms with Gasteiger partial charge in [0.1, 0.15) is 17.7 Å². The molecule has 0 bridgehead atoms. The number of ether oxygens (including phenoxy) is 1. The molecule has 0 radical (unpaired) electrons. The topological polar surface area (TPSA) is 159 Å². The number of cyclic esters (lactones) is 1. The molecule has 2 saturated heterocycles. The highest BCUT2D eigenvalue weighted by Gasteiger charge is 2.33. The molecule has 2 aliphatic rings. The molecule has 12 nitrogen and oxygen atoms in total. The molecular weight excluding hydrogens is 501 g/mol. The van der Waals surface area contributed by atoms with Gasteiger partial charge in [0.2, 0.25) is 5.91 Å². The van der Waals surface area contributed by atoms with Crippen LogP contribution >= 0.6 is 0 Å². The number of piperazine rings is 1. The Kier molecular flexibility index (Phi) is 8.62. The quantitative estimate of drug-likeness (QED) is 0.301. The van der Waals surface area contributed by atoms with Crippen LogP contribution in [0.3, 0.4) is 0 Å². The second-order valence-electron chi connectivity index (χ2n) is 9.24. The number of nitrogens with one attached hydrogen (secondary N) is 1. The summed E-state index contributed by atoms with van der Waals surface area (Å²) in [6.45, 7) is 2.67. The number of carbonyl (C=O) groups is 2. The van der Waals surface area contributed by atoms with E-state index in [4.69, 9.17) is 4.74 Å². The number of aliphatic hydroxyl groups excluding tert-OH is 3. The maximum absolute atomic E-state index is 15.1. The Balaban J connectivity index is 1.39. The highest BCUT2D eigenvalue weighted by atomic mass is 19.1. The fourth-order valence-corrected chi connectivity index (χ4v) is 4.75. The number of aromatic nitrogens is 1. The van der Waals surface area contributed by atoms with Crippen LogP contribution in [0.25, 0.3) is 0 Å². The van der Waals surface area contributed by atoms with E-state index in [2.05, 4.69) is 10.3 Å². The summed E-state index contributed by atoms with van der Waals surface area (Å²) in [6, 6.07) is 4.57. The summed E-state index contributed by atoms with van der Waals surface area (Å²) in [5.41, 5.74) is 1.61. The molecule has 0 spiro atoms. The Morgan fingerprint density at radius 2 is 1.82 bits per heavy atom. The molecule has 5 N–H and O–H groups in total. The van der Waals surface area contributed by atoms with Crippen molar-refractivity contribution in [2.75, 3.05) is 49.1 Å². The monoisotopic (exact) mass is 533 g/mol. The maximum atomic E-state index is 15.1. The average molecular weight is 534 g/mol. The number of pyridine rings is 1. The van der Waals surface area contributed by atoms with Crippen LogP contribution in [0.5, 0.6) is 5.75 Å². The Bertz CT molecular complexity index is 1190. The number of aromatic hydroxyl groups is 1. The maximum Gasteiger partial charge on any atom is 0.414 e. The zero-order chi connectivity index (χ0) is 27.4. The van der Waals surface area contributed by atoms with Crippen LogP contribution in [-0.4, -0.2) is 87.7 Å². The molecule has 1 aromatic heterocycles. The lowest BCUT2D eigenvalue weighted by atomic mass is 10.0. The molecule has 13 heteroatoms. The van der Waals surface area contributed by atoms with Gasteiger partial charge in [-0.15, -0.1) is 0 Å². The van der Waals surface area contributed by atoms with Crippen LogP contribution in [0.4, 0.5) is 20.6 Å². The smallest absolute Gasteiger partial charge is 0.414 e. The van der Waals surface area contributed by atoms with Crippen molar-refractivity contribution in [1.29, 1.82) is 0 Å². The van der Waals surface area contributed by atoms with Crippen LogP contribution in [0.15, 0.2) is 18.2 Å². The van der Waals surface area contributed by atoms with Crippen molar-refractivity contribution in [3.8, 4) is 5.75 Å². The number of hydrogen-bond acceptors (Lipinski definition) is 10. The van der Waals surface area contributed by atoms with E-state index in [0.717, 1.165) is 0 Å². The number of hydrogen-bond donors (Lipinski definition) is 5. The first-order valence-corrected chi connectivity index (χ1v) is 12.3. The lowest BCUT2D eigenvalue weighted by molar-refractivity contribution is -0.119. The van der Waals surface area contributed by atoms with Crippen molar-refractivity contribution >= 4 is 23.4 Å². The minimum atomic E-state index is -0.598. The first kappa shape index (κ1) is 27.5. The number of benzene rings is 1. The second kappa shape index (κ2) is 11.9. The van der Waals surface area contributed by atoms with Gasteiger partial charge >= 0.3 is 6.09 Å². The second-order valence-corrected chi connectivity index (χ2v) is 9.24. The third-order valence-electron chi connectivity index (χ3n) is 6.79. The van der Waals surface area contributed by atoms with E-state index >= 15 is 4.39 Å². The van der Waals surface area contributed by atoms with Crippen molar-refractivity contribution in [1.82, 2.24) is 15.2 Å². The molecule has 3 heterocycles. The van der Waals surface area contributed by atoms with Gasteiger partial charge in [-0.1, -0.05) is 0 Å². The Morgan fingerprint density at radius 1 is 1.11 bits per heavy atom. The minimum Gasteiger partial charge on any atom is -0.506 e. The lowest BCUT2D eigenvalue weighted by Gasteiger charge is -2.36. The summed E-state index contributed by atoms with van der Waals surface area (Å²) in [4.78, 5) is 32.9. The van der Waals surface area contributed by atoms with Crippen molar-refractivity contribution < 1.29 is 39.1 Å². The normalized spacial score (nSPS) is 18.1. The molecular formula is C25H32FN5O7. The predicted octanol–water partition coefficient (Wildman–Crippen LogP) is 0.187. The molecule has 38 heavy (non-hydrogen) atoms. The average Bonchev–Trinajstić information content (AvgIpc) is 3.29. The van der Waals surface area contributed by atoms with Crippen molar-refractivity contribution in [2.45, 2.75) is 39.4 Å². The van der Waals surface area contributed by atoms with Crippen molar-refractivity contribution in [3.63, 3.8) is 0 Å². The van der Waals surface area contributed by atoms with E-state index in [9.17, 15) is 30.0 Å². The summed E-state index contributed by atoms with van der Waals surface area (Å²) in [7, 11) is 0. The molecule has 0 aliphatic carbocycles. The van der Waals surface area contributed by atoms with E-state index in [1.54, 1.807) is 12.1 Å². The number of aliphatic hydroxyl groups is 3. The van der Waals surface area contributed by atoms with Crippen LogP contribution < -0.4 is 15.1 Å². The standard InChI is InChI=1S/C25H32FN5O7/c1-15(35)27-9-17-10-31(25(37)38-17)16-2-3-23(20(26)8-16)30-6-4-29(5-7-30)11-21-24(36)19(13-33)18(12-32)22(14-34)28-21/h2-3,8,17,32-34,36H,4-7,9-14H2,1H3,(H,27,35)/t17-/m0/s1. The van der Waals surface area contributed by atoms with E-state index in [0.29, 0.717) is 37.6 Å². The summed E-state index contributed by atoms with van der Waals surface area (Å²) >= 11 is 0. The number of amides is 2. The number of rotatable bonds is 9. The van der Waals surface area contributed by atoms with E-state index < -0.39 is 37.8 Å². The van der Waals surface area contributed by atoms with Gasteiger partial charge < -0.3 is 35.4 Å². The molecule has 1 atom stereocenters. The first-order chi connectivity index (χ1) is 18.2. The summed E-state index contributed by atoms with van der Waals surface area (Å²) in [5.74, 6) is -0.918. The Labute approximate surface area is 218 Å². The number of carbonyl (C=O) groups excluding carboxylic acids is 2. The largest absolute Gasteiger partial charge is 0.506 e. The molecule has 1 aromatic carbocycles. The Morgan fingerprint density at radius 3 is 2.42 bits per heavy atom. The molecule has 2 aliphatic heterocycles. The zero-order valence-corrected chi connectivity index (χ0v) is 21.1. The van der Waals surface area contributed by atoms with Gasteiger partial charge in [-0.05, 0) is 18.2 Å². The van der Waals surface area contributed by atoms with Crippen molar-refractivity contribution in [2.24, 2.45) is 0 Å². The molecule has 0 unspecified atom stereocenters. The molecule has 2 fully saturated rings.